The maximum atomic E-state index is 4.33. The van der Waals surface area contributed by atoms with Gasteiger partial charge in [-0.2, -0.15) is 0 Å². The van der Waals surface area contributed by atoms with Gasteiger partial charge in [-0.25, -0.2) is 0 Å². The number of benzene rings is 2. The van der Waals surface area contributed by atoms with E-state index in [2.05, 4.69) is 62.5 Å². The van der Waals surface area contributed by atoms with Crippen molar-refractivity contribution in [3.05, 3.63) is 54.1 Å². The molecular weight excluding hydrogens is 260 g/mol. The lowest BCUT2D eigenvalue weighted by molar-refractivity contribution is 0.510. The maximum absolute atomic E-state index is 4.33. The third-order valence-electron chi connectivity index (χ3n) is 4.14. The van der Waals surface area contributed by atoms with Crippen LogP contribution in [-0.2, 0) is 19.5 Å². The summed E-state index contributed by atoms with van der Waals surface area (Å²) in [5, 5.41) is 14.6. The van der Waals surface area contributed by atoms with Crippen LogP contribution in [0.15, 0.2) is 42.5 Å². The van der Waals surface area contributed by atoms with E-state index in [4.69, 9.17) is 0 Å². The third-order valence-corrected chi connectivity index (χ3v) is 4.14. The monoisotopic (exact) mass is 278 g/mol. The highest BCUT2D eigenvalue weighted by Crippen LogP contribution is 2.20. The Kier molecular flexibility index (Phi) is 3.07. The standard InChI is InChI=1S/C17H18N4/c1-2-6-14-11-15(9-8-13(14)5-1)18-12-17-20-19-16-7-3-4-10-21(16)17/h1-2,5-6,8-9,11,18H,3-4,7,10,12H2. The normalized spacial score (nSPS) is 14.1. The predicted octanol–water partition coefficient (Wildman–Crippen LogP) is 3.38. The topological polar surface area (TPSA) is 42.7 Å². The molecule has 4 rings (SSSR count). The molecular formula is C17H18N4. The summed E-state index contributed by atoms with van der Waals surface area (Å²) < 4.78 is 2.26. The van der Waals surface area contributed by atoms with Crippen molar-refractivity contribution in [3.8, 4) is 0 Å². The van der Waals surface area contributed by atoms with Gasteiger partial charge in [0.15, 0.2) is 5.82 Å². The summed E-state index contributed by atoms with van der Waals surface area (Å²) in [5.74, 6) is 2.18. The number of aromatic nitrogens is 3. The van der Waals surface area contributed by atoms with Gasteiger partial charge in [0.1, 0.15) is 5.82 Å². The molecule has 0 aliphatic carbocycles. The van der Waals surface area contributed by atoms with Crippen LogP contribution in [-0.4, -0.2) is 14.8 Å². The summed E-state index contributed by atoms with van der Waals surface area (Å²) in [6.07, 6.45) is 3.52. The van der Waals surface area contributed by atoms with Crippen LogP contribution in [0.4, 0.5) is 5.69 Å². The van der Waals surface area contributed by atoms with Gasteiger partial charge in [0.25, 0.3) is 0 Å². The lowest BCUT2D eigenvalue weighted by Crippen LogP contribution is -2.15. The van der Waals surface area contributed by atoms with E-state index in [1.54, 1.807) is 0 Å². The first-order chi connectivity index (χ1) is 10.4. The van der Waals surface area contributed by atoms with E-state index in [9.17, 15) is 0 Å². The summed E-state index contributed by atoms with van der Waals surface area (Å²) in [6, 6.07) is 14.9. The Morgan fingerprint density at radius 3 is 2.86 bits per heavy atom. The zero-order chi connectivity index (χ0) is 14.1. The van der Waals surface area contributed by atoms with E-state index in [1.165, 1.54) is 23.6 Å². The van der Waals surface area contributed by atoms with Crippen LogP contribution in [0.2, 0.25) is 0 Å². The molecule has 0 saturated heterocycles. The number of hydrogen-bond acceptors (Lipinski definition) is 3. The van der Waals surface area contributed by atoms with Gasteiger partial charge in [-0.3, -0.25) is 0 Å². The van der Waals surface area contributed by atoms with Crippen molar-refractivity contribution >= 4 is 16.5 Å². The number of rotatable bonds is 3. The average Bonchev–Trinajstić information content (AvgIpc) is 2.96. The van der Waals surface area contributed by atoms with Crippen molar-refractivity contribution in [2.75, 3.05) is 5.32 Å². The minimum Gasteiger partial charge on any atom is -0.378 e. The van der Waals surface area contributed by atoms with Crippen molar-refractivity contribution in [1.29, 1.82) is 0 Å². The highest BCUT2D eigenvalue weighted by atomic mass is 15.3. The number of nitrogens with zero attached hydrogens (tertiary/aromatic N) is 3. The van der Waals surface area contributed by atoms with Crippen LogP contribution >= 0.6 is 0 Å². The first kappa shape index (κ1) is 12.4. The molecule has 0 bridgehead atoms. The van der Waals surface area contributed by atoms with Gasteiger partial charge in [0.2, 0.25) is 0 Å². The molecule has 3 aromatic rings. The van der Waals surface area contributed by atoms with Gasteiger partial charge in [-0.05, 0) is 35.7 Å². The molecule has 0 saturated carbocycles. The van der Waals surface area contributed by atoms with Crippen LogP contribution in [0.25, 0.3) is 10.8 Å². The molecule has 0 spiro atoms. The second-order valence-corrected chi connectivity index (χ2v) is 5.56. The SMILES string of the molecule is c1ccc2cc(NCc3nnc4n3CCCC4)ccc2c1. The van der Waals surface area contributed by atoms with E-state index in [0.717, 1.165) is 36.8 Å². The number of aryl methyl sites for hydroxylation is 1. The number of nitrogens with one attached hydrogen (secondary N) is 1. The quantitative estimate of drug-likeness (QED) is 0.798. The zero-order valence-corrected chi connectivity index (χ0v) is 11.9. The minimum absolute atomic E-state index is 0.728. The van der Waals surface area contributed by atoms with E-state index in [-0.39, 0.29) is 0 Å². The second-order valence-electron chi connectivity index (χ2n) is 5.56. The van der Waals surface area contributed by atoms with Crippen LogP contribution in [0.3, 0.4) is 0 Å². The molecule has 0 atom stereocenters. The van der Waals surface area contributed by atoms with E-state index < -0.39 is 0 Å². The maximum Gasteiger partial charge on any atom is 0.152 e. The Hall–Kier alpha value is -2.36. The van der Waals surface area contributed by atoms with Crippen LogP contribution in [0.5, 0.6) is 0 Å². The molecule has 1 aliphatic heterocycles. The predicted molar refractivity (Wildman–Crippen MR) is 84.2 cm³/mol. The second kappa shape index (κ2) is 5.20. The molecule has 106 valence electrons. The van der Waals surface area contributed by atoms with E-state index >= 15 is 0 Å². The fourth-order valence-electron chi connectivity index (χ4n) is 2.98. The molecule has 21 heavy (non-hydrogen) atoms. The fourth-order valence-corrected chi connectivity index (χ4v) is 2.98. The van der Waals surface area contributed by atoms with Gasteiger partial charge in [0.05, 0.1) is 6.54 Å². The van der Waals surface area contributed by atoms with Crippen molar-refractivity contribution < 1.29 is 0 Å². The molecule has 0 fully saturated rings. The summed E-state index contributed by atoms with van der Waals surface area (Å²) in [4.78, 5) is 0. The average molecular weight is 278 g/mol. The van der Waals surface area contributed by atoms with Crippen molar-refractivity contribution in [1.82, 2.24) is 14.8 Å². The molecule has 0 unspecified atom stereocenters. The Balaban J connectivity index is 1.54. The minimum atomic E-state index is 0.728. The molecule has 2 aromatic carbocycles. The Morgan fingerprint density at radius 1 is 1.00 bits per heavy atom. The molecule has 0 amide bonds. The molecule has 2 heterocycles. The van der Waals surface area contributed by atoms with Crippen LogP contribution < -0.4 is 5.32 Å². The van der Waals surface area contributed by atoms with Gasteiger partial charge in [-0.1, -0.05) is 30.3 Å². The summed E-state index contributed by atoms with van der Waals surface area (Å²) in [7, 11) is 0. The molecule has 1 aliphatic rings. The highest BCUT2D eigenvalue weighted by molar-refractivity contribution is 5.85. The number of fused-ring (bicyclic) bond motifs is 2. The smallest absolute Gasteiger partial charge is 0.152 e. The zero-order valence-electron chi connectivity index (χ0n) is 11.9. The van der Waals surface area contributed by atoms with Crippen molar-refractivity contribution in [2.45, 2.75) is 32.4 Å². The highest BCUT2D eigenvalue weighted by Gasteiger charge is 2.15. The molecule has 1 aromatic heterocycles. The Labute approximate surface area is 123 Å². The van der Waals surface area contributed by atoms with Gasteiger partial charge < -0.3 is 9.88 Å². The van der Waals surface area contributed by atoms with Gasteiger partial charge in [0, 0.05) is 18.7 Å². The largest absolute Gasteiger partial charge is 0.378 e. The Bertz CT molecular complexity index is 775. The number of anilines is 1. The molecule has 1 N–H and O–H groups in total. The summed E-state index contributed by atoms with van der Waals surface area (Å²) >= 11 is 0. The lowest BCUT2D eigenvalue weighted by Gasteiger charge is -2.15. The molecule has 4 nitrogen and oxygen atoms in total. The van der Waals surface area contributed by atoms with Gasteiger partial charge >= 0.3 is 0 Å². The Morgan fingerprint density at radius 2 is 1.90 bits per heavy atom. The first-order valence-electron chi connectivity index (χ1n) is 7.54. The first-order valence-corrected chi connectivity index (χ1v) is 7.54. The fraction of sp³-hybridized carbons (Fsp3) is 0.294. The lowest BCUT2D eigenvalue weighted by atomic mass is 10.1. The van der Waals surface area contributed by atoms with E-state index in [0.29, 0.717) is 0 Å². The number of hydrogen-bond donors (Lipinski definition) is 1. The van der Waals surface area contributed by atoms with Crippen molar-refractivity contribution in [3.63, 3.8) is 0 Å². The molecule has 0 radical (unpaired) electrons. The van der Waals surface area contributed by atoms with Crippen LogP contribution in [0.1, 0.15) is 24.5 Å². The van der Waals surface area contributed by atoms with Crippen molar-refractivity contribution in [2.24, 2.45) is 0 Å². The summed E-state index contributed by atoms with van der Waals surface area (Å²) in [5.41, 5.74) is 1.13. The third kappa shape index (κ3) is 2.37. The van der Waals surface area contributed by atoms with Gasteiger partial charge in [-0.15, -0.1) is 10.2 Å². The summed E-state index contributed by atoms with van der Waals surface area (Å²) in [6.45, 7) is 1.78. The van der Waals surface area contributed by atoms with Crippen LogP contribution in [0, 0.1) is 0 Å². The molecule has 4 heteroatoms. The van der Waals surface area contributed by atoms with E-state index in [1.807, 2.05) is 0 Å².